The molecule has 0 spiro atoms. The van der Waals surface area contributed by atoms with E-state index in [1.807, 2.05) is 0 Å². The van der Waals surface area contributed by atoms with Gasteiger partial charge in [0.25, 0.3) is 0 Å². The van der Waals surface area contributed by atoms with Crippen molar-refractivity contribution in [2.45, 2.75) is 19.8 Å². The first-order chi connectivity index (χ1) is 11.4. The standard InChI is InChI=1S/C18H18O6/c1-3-12-13(8-16(22)24-2)17(15(21)9-14(12)20)18(23)10-4-6-11(19)7-5-10/h4-7,9,19-21H,3,8H2,1-2H3. The highest BCUT2D eigenvalue weighted by Gasteiger charge is 2.25. The summed E-state index contributed by atoms with van der Waals surface area (Å²) in [4.78, 5) is 24.5. The third-order valence-corrected chi connectivity index (χ3v) is 3.76. The molecule has 0 unspecified atom stereocenters. The van der Waals surface area contributed by atoms with Crippen molar-refractivity contribution < 1.29 is 29.6 Å². The van der Waals surface area contributed by atoms with Gasteiger partial charge in [0.2, 0.25) is 0 Å². The van der Waals surface area contributed by atoms with Crippen LogP contribution in [0.2, 0.25) is 0 Å². The van der Waals surface area contributed by atoms with E-state index in [0.29, 0.717) is 12.0 Å². The number of carbonyl (C=O) groups is 2. The van der Waals surface area contributed by atoms with Crippen LogP contribution in [0.15, 0.2) is 30.3 Å². The van der Waals surface area contributed by atoms with E-state index >= 15 is 0 Å². The van der Waals surface area contributed by atoms with E-state index in [1.165, 1.54) is 31.4 Å². The zero-order valence-corrected chi connectivity index (χ0v) is 13.4. The minimum Gasteiger partial charge on any atom is -0.508 e. The molecule has 0 atom stereocenters. The van der Waals surface area contributed by atoms with Gasteiger partial charge in [-0.05, 0) is 41.8 Å². The molecule has 0 aliphatic rings. The molecule has 6 heteroatoms. The van der Waals surface area contributed by atoms with Crippen molar-refractivity contribution in [3.63, 3.8) is 0 Å². The number of benzene rings is 2. The molecule has 0 aliphatic heterocycles. The summed E-state index contributed by atoms with van der Waals surface area (Å²) in [5.41, 5.74) is 0.822. The number of rotatable bonds is 5. The lowest BCUT2D eigenvalue weighted by molar-refractivity contribution is -0.139. The molecule has 3 N–H and O–H groups in total. The molecule has 2 aromatic carbocycles. The van der Waals surface area contributed by atoms with Crippen molar-refractivity contribution in [1.29, 1.82) is 0 Å². The van der Waals surface area contributed by atoms with Gasteiger partial charge in [-0.3, -0.25) is 9.59 Å². The van der Waals surface area contributed by atoms with Crippen LogP contribution < -0.4 is 0 Å². The molecule has 0 amide bonds. The average molecular weight is 330 g/mol. The van der Waals surface area contributed by atoms with E-state index in [9.17, 15) is 24.9 Å². The van der Waals surface area contributed by atoms with Gasteiger partial charge in [-0.25, -0.2) is 0 Å². The van der Waals surface area contributed by atoms with Gasteiger partial charge in [0.15, 0.2) is 5.78 Å². The predicted molar refractivity (Wildman–Crippen MR) is 86.4 cm³/mol. The van der Waals surface area contributed by atoms with Crippen LogP contribution in [-0.2, 0) is 22.4 Å². The predicted octanol–water partition coefficient (Wildman–Crippen LogP) is 2.31. The normalized spacial score (nSPS) is 10.4. The molecule has 0 aromatic heterocycles. The minimum absolute atomic E-state index is 0.00510. The summed E-state index contributed by atoms with van der Waals surface area (Å²) in [5.74, 6) is -1.70. The Balaban J connectivity index is 2.64. The maximum atomic E-state index is 12.8. The lowest BCUT2D eigenvalue weighted by Gasteiger charge is -2.16. The fourth-order valence-electron chi connectivity index (χ4n) is 2.57. The van der Waals surface area contributed by atoms with Gasteiger partial charge in [0.1, 0.15) is 17.2 Å². The number of esters is 1. The number of phenols is 3. The molecule has 2 rings (SSSR count). The lowest BCUT2D eigenvalue weighted by Crippen LogP contribution is -2.14. The van der Waals surface area contributed by atoms with Gasteiger partial charge in [-0.15, -0.1) is 0 Å². The van der Waals surface area contributed by atoms with Crippen molar-refractivity contribution in [2.75, 3.05) is 7.11 Å². The van der Waals surface area contributed by atoms with Gasteiger partial charge in [0.05, 0.1) is 19.1 Å². The minimum atomic E-state index is -0.588. The number of carbonyl (C=O) groups excluding carboxylic acids is 2. The molecular formula is C18H18O6. The van der Waals surface area contributed by atoms with Crippen LogP contribution in [0.1, 0.15) is 34.0 Å². The number of hydrogen-bond donors (Lipinski definition) is 3. The van der Waals surface area contributed by atoms with E-state index in [4.69, 9.17) is 0 Å². The van der Waals surface area contributed by atoms with Crippen molar-refractivity contribution in [3.05, 3.63) is 52.6 Å². The van der Waals surface area contributed by atoms with Crippen LogP contribution >= 0.6 is 0 Å². The Bertz CT molecular complexity index is 777. The Labute approximate surface area is 138 Å². The first kappa shape index (κ1) is 17.3. The van der Waals surface area contributed by atoms with Crippen LogP contribution in [0.4, 0.5) is 0 Å². The molecule has 24 heavy (non-hydrogen) atoms. The van der Waals surface area contributed by atoms with Crippen molar-refractivity contribution >= 4 is 11.8 Å². The summed E-state index contributed by atoms with van der Waals surface area (Å²) < 4.78 is 4.64. The van der Waals surface area contributed by atoms with Gasteiger partial charge < -0.3 is 20.1 Å². The second-order valence-corrected chi connectivity index (χ2v) is 5.23. The van der Waals surface area contributed by atoms with E-state index in [2.05, 4.69) is 4.74 Å². The van der Waals surface area contributed by atoms with Gasteiger partial charge >= 0.3 is 5.97 Å². The Morgan fingerprint density at radius 2 is 1.62 bits per heavy atom. The van der Waals surface area contributed by atoms with Crippen molar-refractivity contribution in [1.82, 2.24) is 0 Å². The van der Waals surface area contributed by atoms with Gasteiger partial charge in [-0.1, -0.05) is 6.92 Å². The number of ether oxygens (including phenoxy) is 1. The molecule has 0 saturated heterocycles. The first-order valence-corrected chi connectivity index (χ1v) is 7.36. The number of methoxy groups -OCH3 is 1. The Kier molecular flexibility index (Phi) is 5.08. The highest BCUT2D eigenvalue weighted by Crippen LogP contribution is 2.35. The Morgan fingerprint density at radius 3 is 2.17 bits per heavy atom. The SMILES string of the molecule is CCc1c(O)cc(O)c(C(=O)c2ccc(O)cc2)c1CC(=O)OC. The van der Waals surface area contributed by atoms with E-state index in [1.54, 1.807) is 6.92 Å². The van der Waals surface area contributed by atoms with Gasteiger partial charge in [-0.2, -0.15) is 0 Å². The van der Waals surface area contributed by atoms with Crippen LogP contribution in [0.3, 0.4) is 0 Å². The second kappa shape index (κ2) is 7.04. The summed E-state index contributed by atoms with van der Waals surface area (Å²) >= 11 is 0. The molecule has 0 aliphatic carbocycles. The number of hydrogen-bond acceptors (Lipinski definition) is 6. The fourth-order valence-corrected chi connectivity index (χ4v) is 2.57. The molecule has 6 nitrogen and oxygen atoms in total. The molecule has 0 saturated carbocycles. The topological polar surface area (TPSA) is 104 Å². The summed E-state index contributed by atoms with van der Waals surface area (Å²) in [6.07, 6.45) is 0.120. The van der Waals surface area contributed by atoms with Crippen LogP contribution in [0.5, 0.6) is 17.2 Å². The average Bonchev–Trinajstić information content (AvgIpc) is 2.55. The molecule has 0 bridgehead atoms. The summed E-state index contributed by atoms with van der Waals surface area (Å²) in [6, 6.07) is 6.62. The summed E-state index contributed by atoms with van der Waals surface area (Å²) in [7, 11) is 1.22. The summed E-state index contributed by atoms with van der Waals surface area (Å²) in [6.45, 7) is 1.77. The number of aromatic hydroxyl groups is 3. The monoisotopic (exact) mass is 330 g/mol. The van der Waals surface area contributed by atoms with Crippen molar-refractivity contribution in [3.8, 4) is 17.2 Å². The summed E-state index contributed by atoms with van der Waals surface area (Å²) in [5, 5.41) is 29.5. The second-order valence-electron chi connectivity index (χ2n) is 5.23. The zero-order valence-electron chi connectivity index (χ0n) is 13.4. The maximum Gasteiger partial charge on any atom is 0.310 e. The van der Waals surface area contributed by atoms with E-state index in [-0.39, 0.29) is 34.6 Å². The van der Waals surface area contributed by atoms with Crippen LogP contribution in [0.25, 0.3) is 0 Å². The highest BCUT2D eigenvalue weighted by atomic mass is 16.5. The van der Waals surface area contributed by atoms with Gasteiger partial charge in [0, 0.05) is 11.6 Å². The number of phenolic OH excluding ortho intramolecular Hbond substituents is 3. The Hall–Kier alpha value is -3.02. The fraction of sp³-hybridized carbons (Fsp3) is 0.222. The highest BCUT2D eigenvalue weighted by molar-refractivity contribution is 6.12. The first-order valence-electron chi connectivity index (χ1n) is 7.36. The molecule has 0 radical (unpaired) electrons. The Morgan fingerprint density at radius 1 is 1.00 bits per heavy atom. The largest absolute Gasteiger partial charge is 0.508 e. The van der Waals surface area contributed by atoms with E-state index < -0.39 is 17.5 Å². The smallest absolute Gasteiger partial charge is 0.310 e. The van der Waals surface area contributed by atoms with Crippen molar-refractivity contribution in [2.24, 2.45) is 0 Å². The van der Waals surface area contributed by atoms with E-state index in [0.717, 1.165) is 6.07 Å². The lowest BCUT2D eigenvalue weighted by atomic mass is 9.90. The van der Waals surface area contributed by atoms with Crippen LogP contribution in [0, 0.1) is 0 Å². The maximum absolute atomic E-state index is 12.8. The molecule has 0 heterocycles. The van der Waals surface area contributed by atoms with Crippen LogP contribution in [-0.4, -0.2) is 34.2 Å². The zero-order chi connectivity index (χ0) is 17.9. The number of ketones is 1. The third kappa shape index (κ3) is 3.32. The molecular weight excluding hydrogens is 312 g/mol. The molecule has 126 valence electrons. The third-order valence-electron chi connectivity index (χ3n) is 3.76. The quantitative estimate of drug-likeness (QED) is 0.574. The molecule has 0 fully saturated rings. The molecule has 2 aromatic rings.